The first-order valence-electron chi connectivity index (χ1n) is 8.35. The van der Waals surface area contributed by atoms with Crippen molar-refractivity contribution < 1.29 is 14.3 Å². The molecule has 25 heavy (non-hydrogen) atoms. The molecule has 1 fully saturated rings. The zero-order valence-electron chi connectivity index (χ0n) is 14.8. The van der Waals surface area contributed by atoms with Gasteiger partial charge in [-0.2, -0.15) is 0 Å². The van der Waals surface area contributed by atoms with Crippen molar-refractivity contribution in [2.24, 2.45) is 0 Å². The largest absolute Gasteiger partial charge is 0.483 e. The Morgan fingerprint density at radius 3 is 2.40 bits per heavy atom. The zero-order valence-corrected chi connectivity index (χ0v) is 16.3. The number of aryl methyl sites for hydroxylation is 2. The summed E-state index contributed by atoms with van der Waals surface area (Å²) in [5.74, 6) is 0.352. The molecule has 1 aliphatic rings. The fourth-order valence-electron chi connectivity index (χ4n) is 2.91. The average Bonchev–Trinajstić information content (AvgIpc) is 2.58. The summed E-state index contributed by atoms with van der Waals surface area (Å²) in [5, 5.41) is 2.78. The third-order valence-corrected chi connectivity index (χ3v) is 5.00. The molecule has 0 atom stereocenters. The highest BCUT2D eigenvalue weighted by atomic mass is 35.5. The number of rotatable bonds is 5. The lowest BCUT2D eigenvalue weighted by Crippen LogP contribution is -2.48. The van der Waals surface area contributed by atoms with Gasteiger partial charge in [0.25, 0.3) is 11.8 Å². The van der Waals surface area contributed by atoms with E-state index in [1.807, 2.05) is 32.9 Å². The molecule has 1 aliphatic heterocycles. The highest BCUT2D eigenvalue weighted by Gasteiger charge is 2.25. The number of carbonyl (C=O) groups excluding carboxylic acids is 2. The number of alkyl halides is 2. The van der Waals surface area contributed by atoms with Crippen molar-refractivity contribution in [1.29, 1.82) is 0 Å². The van der Waals surface area contributed by atoms with Gasteiger partial charge in [-0.15, -0.1) is 0 Å². The molecule has 1 aromatic carbocycles. The van der Waals surface area contributed by atoms with Crippen molar-refractivity contribution in [3.8, 4) is 5.75 Å². The lowest BCUT2D eigenvalue weighted by molar-refractivity contribution is -0.134. The zero-order chi connectivity index (χ0) is 18.6. The van der Waals surface area contributed by atoms with E-state index in [-0.39, 0.29) is 24.5 Å². The summed E-state index contributed by atoms with van der Waals surface area (Å²) in [6, 6.07) is 4.04. The molecule has 0 bridgehead atoms. The Balaban J connectivity index is 1.84. The molecule has 0 aromatic heterocycles. The molecule has 5 nitrogen and oxygen atoms in total. The SMILES string of the molecule is Cc1ccc(C)c(OCC(=O)N2CCC(NC(=O)C(Cl)Cl)CC2)c1C. The van der Waals surface area contributed by atoms with E-state index in [4.69, 9.17) is 27.9 Å². The minimum absolute atomic E-state index is 0.00118. The fraction of sp³-hybridized carbons (Fsp3) is 0.556. The van der Waals surface area contributed by atoms with E-state index in [1.54, 1.807) is 4.90 Å². The minimum Gasteiger partial charge on any atom is -0.483 e. The lowest BCUT2D eigenvalue weighted by atomic mass is 10.0. The number of nitrogens with zero attached hydrogens (tertiary/aromatic N) is 1. The van der Waals surface area contributed by atoms with Gasteiger partial charge in [-0.25, -0.2) is 0 Å². The molecule has 1 aromatic rings. The highest BCUT2D eigenvalue weighted by molar-refractivity contribution is 6.53. The summed E-state index contributed by atoms with van der Waals surface area (Å²) in [7, 11) is 0. The van der Waals surface area contributed by atoms with Crippen molar-refractivity contribution in [2.75, 3.05) is 19.7 Å². The molecule has 138 valence electrons. The van der Waals surface area contributed by atoms with Gasteiger partial charge in [-0.05, 0) is 50.3 Å². The lowest BCUT2D eigenvalue weighted by Gasteiger charge is -2.32. The van der Waals surface area contributed by atoms with Crippen LogP contribution in [0.15, 0.2) is 12.1 Å². The van der Waals surface area contributed by atoms with Crippen molar-refractivity contribution in [2.45, 2.75) is 44.5 Å². The number of ether oxygens (including phenoxy) is 1. The Bertz CT molecular complexity index is 641. The predicted octanol–water partition coefficient (Wildman–Crippen LogP) is 2.90. The van der Waals surface area contributed by atoms with Crippen LogP contribution in [-0.4, -0.2) is 47.3 Å². The fourth-order valence-corrected chi connectivity index (χ4v) is 3.04. The van der Waals surface area contributed by atoms with Gasteiger partial charge in [0, 0.05) is 19.1 Å². The summed E-state index contributed by atoms with van der Waals surface area (Å²) in [5.41, 5.74) is 3.22. The molecular formula is C18H24Cl2N2O3. The van der Waals surface area contributed by atoms with Gasteiger partial charge >= 0.3 is 0 Å². The molecule has 0 saturated carbocycles. The van der Waals surface area contributed by atoms with E-state index < -0.39 is 4.84 Å². The molecule has 1 N–H and O–H groups in total. The first kappa shape index (κ1) is 19.9. The van der Waals surface area contributed by atoms with Crippen LogP contribution in [0.25, 0.3) is 0 Å². The molecule has 2 amide bonds. The van der Waals surface area contributed by atoms with Crippen LogP contribution in [-0.2, 0) is 9.59 Å². The van der Waals surface area contributed by atoms with E-state index in [9.17, 15) is 9.59 Å². The van der Waals surface area contributed by atoms with Crippen LogP contribution in [0.5, 0.6) is 5.75 Å². The molecule has 0 aliphatic carbocycles. The molecular weight excluding hydrogens is 363 g/mol. The van der Waals surface area contributed by atoms with E-state index >= 15 is 0 Å². The summed E-state index contributed by atoms with van der Waals surface area (Å²) >= 11 is 11.1. The molecule has 7 heteroatoms. The maximum absolute atomic E-state index is 12.4. The topological polar surface area (TPSA) is 58.6 Å². The van der Waals surface area contributed by atoms with Crippen LogP contribution in [0.2, 0.25) is 0 Å². The van der Waals surface area contributed by atoms with Gasteiger partial charge in [-0.1, -0.05) is 35.3 Å². The Hall–Kier alpha value is -1.46. The van der Waals surface area contributed by atoms with E-state index in [0.717, 1.165) is 22.4 Å². The Morgan fingerprint density at radius 2 is 1.80 bits per heavy atom. The monoisotopic (exact) mass is 386 g/mol. The predicted molar refractivity (Wildman–Crippen MR) is 99.4 cm³/mol. The van der Waals surface area contributed by atoms with Crippen LogP contribution in [0.3, 0.4) is 0 Å². The van der Waals surface area contributed by atoms with Gasteiger partial charge in [0.1, 0.15) is 5.75 Å². The van der Waals surface area contributed by atoms with Crippen LogP contribution in [0, 0.1) is 20.8 Å². The van der Waals surface area contributed by atoms with Crippen LogP contribution in [0.1, 0.15) is 29.5 Å². The number of amides is 2. The Kier molecular flexibility index (Phi) is 6.96. The second kappa shape index (κ2) is 8.77. The smallest absolute Gasteiger partial charge is 0.260 e. The number of hydrogen-bond acceptors (Lipinski definition) is 3. The second-order valence-electron chi connectivity index (χ2n) is 6.41. The van der Waals surface area contributed by atoms with Gasteiger partial charge in [0.15, 0.2) is 11.4 Å². The number of piperidine rings is 1. The number of likely N-dealkylation sites (tertiary alicyclic amines) is 1. The molecule has 0 unspecified atom stereocenters. The average molecular weight is 387 g/mol. The summed E-state index contributed by atoms with van der Waals surface area (Å²) in [4.78, 5) is 24.6. The maximum atomic E-state index is 12.4. The van der Waals surface area contributed by atoms with Gasteiger partial charge in [0.05, 0.1) is 0 Å². The number of halogens is 2. The van der Waals surface area contributed by atoms with E-state index in [1.165, 1.54) is 0 Å². The first-order valence-corrected chi connectivity index (χ1v) is 9.22. The van der Waals surface area contributed by atoms with Crippen LogP contribution < -0.4 is 10.1 Å². The minimum atomic E-state index is -1.06. The number of benzene rings is 1. The van der Waals surface area contributed by atoms with Gasteiger partial charge in [0.2, 0.25) is 0 Å². The number of nitrogens with one attached hydrogen (secondary N) is 1. The van der Waals surface area contributed by atoms with Crippen molar-refractivity contribution in [3.05, 3.63) is 28.8 Å². The molecule has 2 rings (SSSR count). The van der Waals surface area contributed by atoms with Gasteiger partial charge < -0.3 is 15.0 Å². The molecule has 0 radical (unpaired) electrons. The van der Waals surface area contributed by atoms with Crippen LogP contribution in [0.4, 0.5) is 0 Å². The third-order valence-electron chi connectivity index (χ3n) is 4.61. The number of hydrogen-bond donors (Lipinski definition) is 1. The van der Waals surface area contributed by atoms with Crippen LogP contribution >= 0.6 is 23.2 Å². The van der Waals surface area contributed by atoms with Crippen molar-refractivity contribution in [1.82, 2.24) is 10.2 Å². The molecule has 1 saturated heterocycles. The summed E-state index contributed by atoms with van der Waals surface area (Å²) in [6.07, 6.45) is 1.36. The van der Waals surface area contributed by atoms with Crippen molar-refractivity contribution in [3.63, 3.8) is 0 Å². The van der Waals surface area contributed by atoms with Gasteiger partial charge in [-0.3, -0.25) is 9.59 Å². The standard InChI is InChI=1S/C18H24Cl2N2O3/c1-11-4-5-12(2)16(13(11)3)25-10-15(23)22-8-6-14(7-9-22)21-18(24)17(19)20/h4-5,14,17H,6-10H2,1-3H3,(H,21,24). The summed E-state index contributed by atoms with van der Waals surface area (Å²) < 4.78 is 5.79. The Labute approximate surface area is 158 Å². The quantitative estimate of drug-likeness (QED) is 0.791. The molecule has 0 spiro atoms. The second-order valence-corrected chi connectivity index (χ2v) is 7.50. The van der Waals surface area contributed by atoms with E-state index in [2.05, 4.69) is 5.32 Å². The third kappa shape index (κ3) is 5.25. The molecule has 1 heterocycles. The number of carbonyl (C=O) groups is 2. The highest BCUT2D eigenvalue weighted by Crippen LogP contribution is 2.25. The van der Waals surface area contributed by atoms with Crippen molar-refractivity contribution >= 4 is 35.0 Å². The summed E-state index contributed by atoms with van der Waals surface area (Å²) in [6.45, 7) is 7.17. The normalized spacial score (nSPS) is 15.4. The van der Waals surface area contributed by atoms with E-state index in [0.29, 0.717) is 25.9 Å². The Morgan fingerprint density at radius 1 is 1.20 bits per heavy atom. The first-order chi connectivity index (χ1) is 11.8. The maximum Gasteiger partial charge on any atom is 0.260 e.